The van der Waals surface area contributed by atoms with E-state index in [-0.39, 0.29) is 18.5 Å². The van der Waals surface area contributed by atoms with Gasteiger partial charge in [0.15, 0.2) is 0 Å². The molecule has 0 aliphatic carbocycles. The van der Waals surface area contributed by atoms with Gasteiger partial charge < -0.3 is 15.7 Å². The fourth-order valence-corrected chi connectivity index (χ4v) is 1.78. The molecule has 0 unspecified atom stereocenters. The van der Waals surface area contributed by atoms with Crippen LogP contribution in [0.5, 0.6) is 0 Å². The third-order valence-corrected chi connectivity index (χ3v) is 2.86. The van der Waals surface area contributed by atoms with Gasteiger partial charge in [0, 0.05) is 11.7 Å². The van der Waals surface area contributed by atoms with Gasteiger partial charge in [-0.05, 0) is 30.5 Å². The van der Waals surface area contributed by atoms with Crippen molar-refractivity contribution in [2.75, 3.05) is 5.32 Å². The van der Waals surface area contributed by atoms with Crippen LogP contribution in [0.15, 0.2) is 24.3 Å². The average molecular weight is 264 g/mol. The van der Waals surface area contributed by atoms with Crippen LogP contribution < -0.4 is 10.6 Å². The van der Waals surface area contributed by atoms with Gasteiger partial charge in [0.1, 0.15) is 0 Å². The quantitative estimate of drug-likeness (QED) is 0.739. The molecule has 1 aromatic rings. The number of nitrogens with one attached hydrogen (secondary N) is 2. The van der Waals surface area contributed by atoms with E-state index in [0.717, 1.165) is 12.8 Å². The molecule has 0 aromatic heterocycles. The Labute approximate surface area is 113 Å². The molecule has 0 atom stereocenters. The van der Waals surface area contributed by atoms with Crippen molar-refractivity contribution in [3.63, 3.8) is 0 Å². The van der Waals surface area contributed by atoms with Crippen molar-refractivity contribution < 1.29 is 14.7 Å². The van der Waals surface area contributed by atoms with E-state index in [1.54, 1.807) is 24.3 Å². The van der Waals surface area contributed by atoms with Crippen molar-refractivity contribution in [2.24, 2.45) is 0 Å². The molecule has 0 aliphatic heterocycles. The Hall–Kier alpha value is -2.04. The fraction of sp³-hybridized carbons (Fsp3) is 0.429. The highest BCUT2D eigenvalue weighted by Gasteiger charge is 2.08. The largest absolute Gasteiger partial charge is 0.481 e. The number of aliphatic carboxylic acids is 1. The summed E-state index contributed by atoms with van der Waals surface area (Å²) in [6.07, 6.45) is 1.70. The van der Waals surface area contributed by atoms with Gasteiger partial charge in [-0.1, -0.05) is 26.0 Å². The van der Waals surface area contributed by atoms with Gasteiger partial charge in [0.2, 0.25) is 0 Å². The SMILES string of the molecule is CCC(CC)NC(=O)Nc1cccc(CC(=O)O)c1. The highest BCUT2D eigenvalue weighted by atomic mass is 16.4. The first kappa shape index (κ1) is 15.0. The lowest BCUT2D eigenvalue weighted by Crippen LogP contribution is -2.37. The second-order valence-corrected chi connectivity index (χ2v) is 4.38. The molecule has 0 saturated heterocycles. The minimum atomic E-state index is -0.890. The maximum absolute atomic E-state index is 11.7. The summed E-state index contributed by atoms with van der Waals surface area (Å²) in [5.41, 5.74) is 1.26. The Morgan fingerprint density at radius 3 is 2.53 bits per heavy atom. The number of carboxylic acids is 1. The maximum Gasteiger partial charge on any atom is 0.319 e. The normalized spacial score (nSPS) is 10.3. The summed E-state index contributed by atoms with van der Waals surface area (Å²) in [6, 6.07) is 6.74. The molecular formula is C14H20N2O3. The number of urea groups is 1. The lowest BCUT2D eigenvalue weighted by atomic mass is 10.1. The molecule has 0 heterocycles. The van der Waals surface area contributed by atoms with E-state index in [9.17, 15) is 9.59 Å². The summed E-state index contributed by atoms with van der Waals surface area (Å²) in [7, 11) is 0. The smallest absolute Gasteiger partial charge is 0.319 e. The third-order valence-electron chi connectivity index (χ3n) is 2.86. The zero-order valence-corrected chi connectivity index (χ0v) is 11.3. The summed E-state index contributed by atoms with van der Waals surface area (Å²) in [5.74, 6) is -0.890. The van der Waals surface area contributed by atoms with E-state index in [1.807, 2.05) is 13.8 Å². The van der Waals surface area contributed by atoms with E-state index in [4.69, 9.17) is 5.11 Å². The number of hydrogen-bond donors (Lipinski definition) is 3. The van der Waals surface area contributed by atoms with Crippen LogP contribution in [0.2, 0.25) is 0 Å². The van der Waals surface area contributed by atoms with Crippen molar-refractivity contribution in [3.05, 3.63) is 29.8 Å². The molecule has 0 fully saturated rings. The number of anilines is 1. The van der Waals surface area contributed by atoms with Crippen molar-refractivity contribution in [2.45, 2.75) is 39.2 Å². The monoisotopic (exact) mass is 264 g/mol. The Balaban J connectivity index is 2.61. The molecule has 0 radical (unpaired) electrons. The molecule has 19 heavy (non-hydrogen) atoms. The van der Waals surface area contributed by atoms with Crippen molar-refractivity contribution in [3.8, 4) is 0 Å². The zero-order valence-electron chi connectivity index (χ0n) is 11.3. The Bertz CT molecular complexity index is 442. The van der Waals surface area contributed by atoms with Crippen LogP contribution in [0.1, 0.15) is 32.3 Å². The van der Waals surface area contributed by atoms with Gasteiger partial charge in [0.05, 0.1) is 6.42 Å². The van der Waals surface area contributed by atoms with Gasteiger partial charge in [0.25, 0.3) is 0 Å². The van der Waals surface area contributed by atoms with Gasteiger partial charge in [-0.25, -0.2) is 4.79 Å². The summed E-state index contributed by atoms with van der Waals surface area (Å²) in [4.78, 5) is 22.4. The summed E-state index contributed by atoms with van der Waals surface area (Å²) in [5, 5.41) is 14.3. The topological polar surface area (TPSA) is 78.4 Å². The number of amides is 2. The third kappa shape index (κ3) is 5.42. The van der Waals surface area contributed by atoms with Gasteiger partial charge in [-0.2, -0.15) is 0 Å². The average Bonchev–Trinajstić information content (AvgIpc) is 2.35. The number of carboxylic acid groups (broad SMARTS) is 1. The van der Waals surface area contributed by atoms with Crippen LogP contribution in [0, 0.1) is 0 Å². The van der Waals surface area contributed by atoms with Crippen LogP contribution >= 0.6 is 0 Å². The molecule has 1 aromatic carbocycles. The van der Waals surface area contributed by atoms with Gasteiger partial charge >= 0.3 is 12.0 Å². The van der Waals surface area contributed by atoms with E-state index >= 15 is 0 Å². The molecule has 0 saturated carbocycles. The Morgan fingerprint density at radius 2 is 1.95 bits per heavy atom. The number of benzene rings is 1. The predicted molar refractivity (Wildman–Crippen MR) is 74.3 cm³/mol. The minimum Gasteiger partial charge on any atom is -0.481 e. The van der Waals surface area contributed by atoms with Crippen molar-refractivity contribution in [1.29, 1.82) is 0 Å². The fourth-order valence-electron chi connectivity index (χ4n) is 1.78. The molecule has 2 amide bonds. The molecular weight excluding hydrogens is 244 g/mol. The van der Waals surface area contributed by atoms with Crippen LogP contribution in [0.3, 0.4) is 0 Å². The second-order valence-electron chi connectivity index (χ2n) is 4.38. The van der Waals surface area contributed by atoms with Crippen LogP contribution in [0.25, 0.3) is 0 Å². The molecule has 3 N–H and O–H groups in total. The van der Waals surface area contributed by atoms with Crippen LogP contribution in [0.4, 0.5) is 10.5 Å². The maximum atomic E-state index is 11.7. The number of carbonyl (C=O) groups excluding carboxylic acids is 1. The van der Waals surface area contributed by atoms with Gasteiger partial charge in [-0.15, -0.1) is 0 Å². The lowest BCUT2D eigenvalue weighted by molar-refractivity contribution is -0.136. The first-order valence-electron chi connectivity index (χ1n) is 6.43. The number of rotatable bonds is 6. The lowest BCUT2D eigenvalue weighted by Gasteiger charge is -2.15. The molecule has 5 heteroatoms. The van der Waals surface area contributed by atoms with E-state index in [1.165, 1.54) is 0 Å². The van der Waals surface area contributed by atoms with Crippen LogP contribution in [-0.2, 0) is 11.2 Å². The Kier molecular flexibility index (Phi) is 5.85. The standard InChI is InChI=1S/C14H20N2O3/c1-3-11(4-2)15-14(19)16-12-7-5-6-10(8-12)9-13(17)18/h5-8,11H,3-4,9H2,1-2H3,(H,17,18)(H2,15,16,19). The van der Waals surface area contributed by atoms with Gasteiger partial charge in [-0.3, -0.25) is 4.79 Å². The second kappa shape index (κ2) is 7.41. The molecule has 0 bridgehead atoms. The highest BCUT2D eigenvalue weighted by Crippen LogP contribution is 2.11. The first-order chi connectivity index (χ1) is 9.05. The summed E-state index contributed by atoms with van der Waals surface area (Å²) < 4.78 is 0. The molecule has 1 rings (SSSR count). The van der Waals surface area contributed by atoms with Crippen molar-refractivity contribution >= 4 is 17.7 Å². The zero-order chi connectivity index (χ0) is 14.3. The molecule has 104 valence electrons. The van der Waals surface area contributed by atoms with Crippen LogP contribution in [-0.4, -0.2) is 23.1 Å². The highest BCUT2D eigenvalue weighted by molar-refractivity contribution is 5.89. The van der Waals surface area contributed by atoms with E-state index in [2.05, 4.69) is 10.6 Å². The first-order valence-corrected chi connectivity index (χ1v) is 6.43. The van der Waals surface area contributed by atoms with E-state index < -0.39 is 5.97 Å². The van der Waals surface area contributed by atoms with E-state index in [0.29, 0.717) is 11.3 Å². The number of hydrogen-bond acceptors (Lipinski definition) is 2. The Morgan fingerprint density at radius 1 is 1.26 bits per heavy atom. The molecule has 5 nitrogen and oxygen atoms in total. The minimum absolute atomic E-state index is 0.0519. The summed E-state index contributed by atoms with van der Waals surface area (Å²) >= 11 is 0. The molecule has 0 spiro atoms. The number of carbonyl (C=O) groups is 2. The predicted octanol–water partition coefficient (Wildman–Crippen LogP) is 2.62. The van der Waals surface area contributed by atoms with Crippen molar-refractivity contribution in [1.82, 2.24) is 5.32 Å². The molecule has 0 aliphatic rings. The summed E-state index contributed by atoms with van der Waals surface area (Å²) in [6.45, 7) is 4.03.